The third-order valence-corrected chi connectivity index (χ3v) is 4.39. The van der Waals surface area contributed by atoms with E-state index in [2.05, 4.69) is 5.32 Å². The molecule has 3 aromatic rings. The van der Waals surface area contributed by atoms with Gasteiger partial charge in [-0.3, -0.25) is 14.9 Å². The first kappa shape index (κ1) is 20.5. The van der Waals surface area contributed by atoms with Gasteiger partial charge in [-0.1, -0.05) is 48.5 Å². The van der Waals surface area contributed by atoms with Crippen molar-refractivity contribution in [1.82, 2.24) is 0 Å². The van der Waals surface area contributed by atoms with E-state index in [1.165, 1.54) is 13.0 Å². The number of ether oxygens (including phenoxy) is 1. The van der Waals surface area contributed by atoms with Crippen LogP contribution in [0.25, 0.3) is 11.1 Å². The van der Waals surface area contributed by atoms with Crippen molar-refractivity contribution in [3.8, 4) is 11.1 Å². The minimum absolute atomic E-state index is 0.0510. The molecule has 3 aromatic carbocycles. The normalized spacial score (nSPS) is 11.4. The highest BCUT2D eigenvalue weighted by Gasteiger charge is 2.22. The van der Waals surface area contributed by atoms with Crippen molar-refractivity contribution < 1.29 is 19.2 Å². The number of esters is 1. The van der Waals surface area contributed by atoms with Crippen molar-refractivity contribution >= 4 is 28.9 Å². The smallest absolute Gasteiger partial charge is 0.341 e. The van der Waals surface area contributed by atoms with Crippen molar-refractivity contribution in [3.63, 3.8) is 0 Å². The van der Waals surface area contributed by atoms with Crippen LogP contribution < -0.4 is 11.1 Å². The zero-order valence-corrected chi connectivity index (χ0v) is 16.1. The Kier molecular flexibility index (Phi) is 6.07. The van der Waals surface area contributed by atoms with Crippen LogP contribution in [0.15, 0.2) is 72.8 Å². The van der Waals surface area contributed by atoms with Gasteiger partial charge in [-0.25, -0.2) is 4.79 Å². The molecule has 0 aliphatic heterocycles. The second-order valence-electron chi connectivity index (χ2n) is 6.48. The Morgan fingerprint density at radius 1 is 1.03 bits per heavy atom. The zero-order chi connectivity index (χ0) is 21.7. The minimum atomic E-state index is -1.11. The molecule has 0 aliphatic rings. The summed E-state index contributed by atoms with van der Waals surface area (Å²) in [4.78, 5) is 35.1. The molecule has 152 valence electrons. The zero-order valence-electron chi connectivity index (χ0n) is 16.1. The molecular formula is C22H19N3O5. The van der Waals surface area contributed by atoms with Crippen molar-refractivity contribution in [1.29, 1.82) is 0 Å². The van der Waals surface area contributed by atoms with Crippen LogP contribution in [0.2, 0.25) is 0 Å². The molecule has 0 aliphatic carbocycles. The highest BCUT2D eigenvalue weighted by atomic mass is 16.6. The third-order valence-electron chi connectivity index (χ3n) is 4.39. The summed E-state index contributed by atoms with van der Waals surface area (Å²) in [5.41, 5.74) is 7.65. The number of nitro benzene ring substituents is 1. The summed E-state index contributed by atoms with van der Waals surface area (Å²) in [6.07, 6.45) is -1.11. The van der Waals surface area contributed by atoms with Gasteiger partial charge in [-0.05, 0) is 24.6 Å². The summed E-state index contributed by atoms with van der Waals surface area (Å²) in [5.74, 6) is -1.37. The Balaban J connectivity index is 1.72. The Morgan fingerprint density at radius 3 is 2.37 bits per heavy atom. The van der Waals surface area contributed by atoms with Gasteiger partial charge in [0.05, 0.1) is 16.2 Å². The number of anilines is 2. The number of nitrogen functional groups attached to an aromatic ring is 1. The molecule has 0 saturated heterocycles. The molecule has 0 fully saturated rings. The van der Waals surface area contributed by atoms with Crippen LogP contribution in [-0.4, -0.2) is 22.9 Å². The average molecular weight is 405 g/mol. The lowest BCUT2D eigenvalue weighted by atomic mass is 10.0. The van der Waals surface area contributed by atoms with E-state index in [1.54, 1.807) is 12.1 Å². The van der Waals surface area contributed by atoms with Crippen molar-refractivity contribution in [3.05, 3.63) is 88.5 Å². The van der Waals surface area contributed by atoms with Crippen LogP contribution in [0, 0.1) is 10.1 Å². The second-order valence-corrected chi connectivity index (χ2v) is 6.48. The number of nitrogens with two attached hydrogens (primary N) is 1. The number of benzene rings is 3. The lowest BCUT2D eigenvalue weighted by Crippen LogP contribution is -2.30. The van der Waals surface area contributed by atoms with Gasteiger partial charge in [0, 0.05) is 23.4 Å². The molecule has 8 heteroatoms. The SMILES string of the molecule is CC(OC(=O)c1ccc([N+](=O)[O-])cc1N)C(=O)Nc1ccccc1-c1ccccc1. The maximum atomic E-state index is 12.6. The highest BCUT2D eigenvalue weighted by Crippen LogP contribution is 2.28. The van der Waals surface area contributed by atoms with Crippen LogP contribution in [0.3, 0.4) is 0 Å². The molecule has 0 spiro atoms. The summed E-state index contributed by atoms with van der Waals surface area (Å²) in [5, 5.41) is 13.6. The van der Waals surface area contributed by atoms with Gasteiger partial charge in [-0.2, -0.15) is 0 Å². The monoisotopic (exact) mass is 405 g/mol. The van der Waals surface area contributed by atoms with E-state index in [4.69, 9.17) is 10.5 Å². The van der Waals surface area contributed by atoms with E-state index in [9.17, 15) is 19.7 Å². The number of carbonyl (C=O) groups excluding carboxylic acids is 2. The summed E-state index contributed by atoms with van der Waals surface area (Å²) >= 11 is 0. The van der Waals surface area contributed by atoms with E-state index >= 15 is 0 Å². The Bertz CT molecular complexity index is 1100. The predicted molar refractivity (Wildman–Crippen MR) is 113 cm³/mol. The number of carbonyl (C=O) groups is 2. The van der Waals surface area contributed by atoms with Gasteiger partial charge in [0.25, 0.3) is 11.6 Å². The number of non-ortho nitro benzene ring substituents is 1. The first-order valence-electron chi connectivity index (χ1n) is 9.07. The molecule has 0 saturated carbocycles. The van der Waals surface area contributed by atoms with Crippen LogP contribution in [0.1, 0.15) is 17.3 Å². The second kappa shape index (κ2) is 8.87. The Hall–Kier alpha value is -4.20. The lowest BCUT2D eigenvalue weighted by Gasteiger charge is -2.16. The molecule has 30 heavy (non-hydrogen) atoms. The Morgan fingerprint density at radius 2 is 1.70 bits per heavy atom. The van der Waals surface area contributed by atoms with Crippen LogP contribution in [0.4, 0.5) is 17.1 Å². The number of hydrogen-bond donors (Lipinski definition) is 2. The van der Waals surface area contributed by atoms with E-state index in [-0.39, 0.29) is 16.9 Å². The maximum absolute atomic E-state index is 12.6. The summed E-state index contributed by atoms with van der Waals surface area (Å²) in [6.45, 7) is 1.43. The van der Waals surface area contributed by atoms with E-state index in [1.807, 2.05) is 42.5 Å². The molecule has 0 radical (unpaired) electrons. The van der Waals surface area contributed by atoms with Gasteiger partial charge >= 0.3 is 5.97 Å². The molecule has 1 amide bonds. The third kappa shape index (κ3) is 4.61. The first-order chi connectivity index (χ1) is 14.4. The van der Waals surface area contributed by atoms with Crippen LogP contribution in [0.5, 0.6) is 0 Å². The molecule has 1 unspecified atom stereocenters. The fourth-order valence-corrected chi connectivity index (χ4v) is 2.82. The minimum Gasteiger partial charge on any atom is -0.449 e. The Labute approximate surface area is 172 Å². The number of rotatable bonds is 6. The molecule has 0 heterocycles. The average Bonchev–Trinajstić information content (AvgIpc) is 2.74. The van der Waals surface area contributed by atoms with E-state index in [0.29, 0.717) is 5.69 Å². The van der Waals surface area contributed by atoms with Gasteiger partial charge in [0.1, 0.15) is 0 Å². The molecule has 1 atom stereocenters. The highest BCUT2D eigenvalue weighted by molar-refractivity contribution is 6.01. The fourth-order valence-electron chi connectivity index (χ4n) is 2.82. The van der Waals surface area contributed by atoms with Crippen LogP contribution in [-0.2, 0) is 9.53 Å². The van der Waals surface area contributed by atoms with Gasteiger partial charge in [0.15, 0.2) is 6.10 Å². The first-order valence-corrected chi connectivity index (χ1v) is 9.07. The lowest BCUT2D eigenvalue weighted by molar-refractivity contribution is -0.384. The van der Waals surface area contributed by atoms with Gasteiger partial charge in [0.2, 0.25) is 0 Å². The summed E-state index contributed by atoms with van der Waals surface area (Å²) in [7, 11) is 0. The molecule has 8 nitrogen and oxygen atoms in total. The quantitative estimate of drug-likeness (QED) is 0.276. The molecule has 0 aromatic heterocycles. The van der Waals surface area contributed by atoms with Crippen LogP contribution >= 0.6 is 0 Å². The molecule has 3 N–H and O–H groups in total. The summed E-state index contributed by atoms with van der Waals surface area (Å²) < 4.78 is 5.20. The van der Waals surface area contributed by atoms with E-state index < -0.39 is 22.9 Å². The number of amides is 1. The molecule has 0 bridgehead atoms. The maximum Gasteiger partial charge on any atom is 0.341 e. The van der Waals surface area contributed by atoms with Crippen molar-refractivity contribution in [2.24, 2.45) is 0 Å². The standard InChI is InChI=1S/C22H19N3O5/c1-14(30-22(27)18-12-11-16(25(28)29)13-19(18)23)21(26)24-20-10-6-5-9-17(20)15-7-3-2-4-8-15/h2-14H,23H2,1H3,(H,24,26). The topological polar surface area (TPSA) is 125 Å². The number of nitrogens with one attached hydrogen (secondary N) is 1. The largest absolute Gasteiger partial charge is 0.449 e. The number of nitro groups is 1. The van der Waals surface area contributed by atoms with Crippen molar-refractivity contribution in [2.75, 3.05) is 11.1 Å². The van der Waals surface area contributed by atoms with Gasteiger partial charge < -0.3 is 15.8 Å². The molecule has 3 rings (SSSR count). The van der Waals surface area contributed by atoms with E-state index in [0.717, 1.165) is 23.3 Å². The van der Waals surface area contributed by atoms with Gasteiger partial charge in [-0.15, -0.1) is 0 Å². The fraction of sp³-hybridized carbons (Fsp3) is 0.0909. The predicted octanol–water partition coefficient (Wildman–Crippen LogP) is 4.03. The number of para-hydroxylation sites is 1. The number of nitrogens with zero attached hydrogens (tertiary/aromatic N) is 1. The summed E-state index contributed by atoms with van der Waals surface area (Å²) in [6, 6.07) is 20.2. The molecular weight excluding hydrogens is 386 g/mol. The number of hydrogen-bond acceptors (Lipinski definition) is 6. The van der Waals surface area contributed by atoms with Crippen molar-refractivity contribution in [2.45, 2.75) is 13.0 Å².